The van der Waals surface area contributed by atoms with Gasteiger partial charge in [-0.15, -0.1) is 10.2 Å². The molecule has 7 heteroatoms. The van der Waals surface area contributed by atoms with Gasteiger partial charge in [0.15, 0.2) is 11.6 Å². The molecule has 0 amide bonds. The fourth-order valence-electron chi connectivity index (χ4n) is 2.41. The highest BCUT2D eigenvalue weighted by Gasteiger charge is 2.15. The van der Waals surface area contributed by atoms with Crippen molar-refractivity contribution in [3.63, 3.8) is 0 Å². The molecule has 120 valence electrons. The molecule has 0 fully saturated rings. The Kier molecular flexibility index (Phi) is 3.83. The lowest BCUT2D eigenvalue weighted by Crippen LogP contribution is -2.00. The van der Waals surface area contributed by atoms with Gasteiger partial charge in [-0.1, -0.05) is 24.3 Å². The third-order valence-electron chi connectivity index (χ3n) is 3.61. The summed E-state index contributed by atoms with van der Waals surface area (Å²) in [6, 6.07) is 12.8. The van der Waals surface area contributed by atoms with E-state index in [0.717, 1.165) is 0 Å². The molecule has 2 aromatic carbocycles. The first-order valence-electron chi connectivity index (χ1n) is 7.04. The first-order chi connectivity index (χ1) is 11.5. The van der Waals surface area contributed by atoms with Crippen LogP contribution in [0.1, 0.15) is 20.7 Å². The van der Waals surface area contributed by atoms with Crippen LogP contribution < -0.4 is 0 Å². The van der Waals surface area contributed by atoms with Crippen LogP contribution in [0.25, 0.3) is 22.8 Å². The minimum atomic E-state index is -1.02. The number of aromatic nitrogens is 3. The molecule has 0 spiro atoms. The number of hydrogen-bond donors (Lipinski definition) is 2. The Labute approximate surface area is 136 Å². The van der Waals surface area contributed by atoms with Crippen LogP contribution in [0.3, 0.4) is 0 Å². The third kappa shape index (κ3) is 2.74. The molecule has 0 unspecified atom stereocenters. The van der Waals surface area contributed by atoms with Gasteiger partial charge in [0, 0.05) is 18.2 Å². The number of carbonyl (C=O) groups is 2. The quantitative estimate of drug-likeness (QED) is 0.764. The molecule has 0 bridgehead atoms. The molecule has 3 rings (SSSR count). The summed E-state index contributed by atoms with van der Waals surface area (Å²) >= 11 is 0. The van der Waals surface area contributed by atoms with E-state index in [4.69, 9.17) is 10.2 Å². The molecule has 1 heterocycles. The molecule has 0 aliphatic carbocycles. The second-order valence-electron chi connectivity index (χ2n) is 5.18. The van der Waals surface area contributed by atoms with Gasteiger partial charge in [0.1, 0.15) is 0 Å². The van der Waals surface area contributed by atoms with Gasteiger partial charge in [0.25, 0.3) is 0 Å². The topological polar surface area (TPSA) is 105 Å². The zero-order valence-corrected chi connectivity index (χ0v) is 12.7. The van der Waals surface area contributed by atoms with Crippen molar-refractivity contribution < 1.29 is 19.8 Å². The van der Waals surface area contributed by atoms with E-state index < -0.39 is 11.9 Å². The first kappa shape index (κ1) is 15.4. The maximum atomic E-state index is 11.1. The Morgan fingerprint density at radius 2 is 1.25 bits per heavy atom. The number of carboxylic acid groups (broad SMARTS) is 2. The van der Waals surface area contributed by atoms with E-state index in [-0.39, 0.29) is 11.1 Å². The zero-order valence-electron chi connectivity index (χ0n) is 12.7. The van der Waals surface area contributed by atoms with Gasteiger partial charge in [0.2, 0.25) is 0 Å². The van der Waals surface area contributed by atoms with E-state index in [2.05, 4.69) is 10.2 Å². The van der Waals surface area contributed by atoms with Crippen molar-refractivity contribution in [3.8, 4) is 22.8 Å². The first-order valence-corrected chi connectivity index (χ1v) is 7.04. The van der Waals surface area contributed by atoms with Crippen molar-refractivity contribution in [2.75, 3.05) is 0 Å². The summed E-state index contributed by atoms with van der Waals surface area (Å²) in [4.78, 5) is 22.2. The minimum absolute atomic E-state index is 0.157. The Bertz CT molecular complexity index is 872. The van der Waals surface area contributed by atoms with Gasteiger partial charge in [-0.25, -0.2) is 9.59 Å². The van der Waals surface area contributed by atoms with E-state index in [1.165, 1.54) is 24.3 Å². The highest BCUT2D eigenvalue weighted by atomic mass is 16.4. The average Bonchev–Trinajstić information content (AvgIpc) is 2.96. The summed E-state index contributed by atoms with van der Waals surface area (Å²) in [5, 5.41) is 26.4. The van der Waals surface area contributed by atoms with Crippen LogP contribution >= 0.6 is 0 Å². The van der Waals surface area contributed by atoms with E-state index in [1.807, 2.05) is 0 Å². The molecule has 2 N–H and O–H groups in total. The van der Waals surface area contributed by atoms with Crippen LogP contribution in [0.15, 0.2) is 48.5 Å². The van der Waals surface area contributed by atoms with Gasteiger partial charge in [-0.2, -0.15) is 0 Å². The van der Waals surface area contributed by atoms with Crippen molar-refractivity contribution in [3.05, 3.63) is 59.7 Å². The zero-order chi connectivity index (χ0) is 17.3. The predicted octanol–water partition coefficient (Wildman–Crippen LogP) is 2.55. The summed E-state index contributed by atoms with van der Waals surface area (Å²) in [6.07, 6.45) is 0. The molecule has 0 aliphatic rings. The number of aromatic carboxylic acids is 2. The normalized spacial score (nSPS) is 10.5. The van der Waals surface area contributed by atoms with Crippen LogP contribution in [0.4, 0.5) is 0 Å². The van der Waals surface area contributed by atoms with Crippen LogP contribution in [0.5, 0.6) is 0 Å². The van der Waals surface area contributed by atoms with Crippen LogP contribution in [-0.2, 0) is 7.05 Å². The van der Waals surface area contributed by atoms with E-state index in [0.29, 0.717) is 22.8 Å². The highest BCUT2D eigenvalue weighted by Crippen LogP contribution is 2.24. The number of carboxylic acids is 2. The fourth-order valence-corrected chi connectivity index (χ4v) is 2.41. The van der Waals surface area contributed by atoms with Crippen LogP contribution in [0, 0.1) is 0 Å². The number of rotatable bonds is 4. The molecule has 0 radical (unpaired) electrons. The van der Waals surface area contributed by atoms with Crippen molar-refractivity contribution in [2.45, 2.75) is 0 Å². The maximum Gasteiger partial charge on any atom is 0.335 e. The SMILES string of the molecule is Cn1c(-c2cccc(C(=O)O)c2)nnc1-c1cccc(C(=O)O)c1. The maximum absolute atomic E-state index is 11.1. The second-order valence-corrected chi connectivity index (χ2v) is 5.18. The molecular weight excluding hydrogens is 310 g/mol. The van der Waals surface area contributed by atoms with Gasteiger partial charge in [-0.05, 0) is 24.3 Å². The van der Waals surface area contributed by atoms with Crippen LogP contribution in [0.2, 0.25) is 0 Å². The molecule has 0 saturated heterocycles. The summed E-state index contributed by atoms with van der Waals surface area (Å²) in [7, 11) is 1.74. The Hall–Kier alpha value is -3.48. The van der Waals surface area contributed by atoms with Gasteiger partial charge in [0.05, 0.1) is 11.1 Å². The lowest BCUT2D eigenvalue weighted by Gasteiger charge is -2.05. The summed E-state index contributed by atoms with van der Waals surface area (Å²) in [6.45, 7) is 0. The van der Waals surface area contributed by atoms with Crippen molar-refractivity contribution >= 4 is 11.9 Å². The average molecular weight is 323 g/mol. The van der Waals surface area contributed by atoms with E-state index in [9.17, 15) is 9.59 Å². The van der Waals surface area contributed by atoms with Crippen LogP contribution in [-0.4, -0.2) is 36.9 Å². The molecule has 3 aromatic rings. The summed E-state index contributed by atoms with van der Waals surface area (Å²) in [5.74, 6) is -1.05. The van der Waals surface area contributed by atoms with E-state index in [1.54, 1.807) is 35.9 Å². The smallest absolute Gasteiger partial charge is 0.335 e. The molecule has 7 nitrogen and oxygen atoms in total. The molecule has 24 heavy (non-hydrogen) atoms. The molecule has 0 aliphatic heterocycles. The Balaban J connectivity index is 2.06. The fraction of sp³-hybridized carbons (Fsp3) is 0.0588. The Morgan fingerprint density at radius 3 is 1.62 bits per heavy atom. The van der Waals surface area contributed by atoms with Gasteiger partial charge < -0.3 is 14.8 Å². The highest BCUT2D eigenvalue weighted by molar-refractivity contribution is 5.90. The number of benzene rings is 2. The minimum Gasteiger partial charge on any atom is -0.478 e. The van der Waals surface area contributed by atoms with Gasteiger partial charge in [-0.3, -0.25) is 0 Å². The molecule has 0 saturated carbocycles. The molecular formula is C17H13N3O4. The van der Waals surface area contributed by atoms with Gasteiger partial charge >= 0.3 is 11.9 Å². The van der Waals surface area contributed by atoms with Crippen molar-refractivity contribution in [1.82, 2.24) is 14.8 Å². The number of hydrogen-bond acceptors (Lipinski definition) is 4. The Morgan fingerprint density at radius 1 is 0.833 bits per heavy atom. The largest absolute Gasteiger partial charge is 0.478 e. The second kappa shape index (κ2) is 5.96. The van der Waals surface area contributed by atoms with Crippen molar-refractivity contribution in [1.29, 1.82) is 0 Å². The number of nitrogens with zero attached hydrogens (tertiary/aromatic N) is 3. The van der Waals surface area contributed by atoms with E-state index >= 15 is 0 Å². The van der Waals surface area contributed by atoms with Crippen molar-refractivity contribution in [2.24, 2.45) is 7.05 Å². The standard InChI is InChI=1S/C17H13N3O4/c1-20-14(10-4-2-6-12(8-10)16(21)22)18-19-15(20)11-5-3-7-13(9-11)17(23)24/h2-9H,1H3,(H,21,22)(H,23,24). The lowest BCUT2D eigenvalue weighted by molar-refractivity contribution is 0.0686. The monoisotopic (exact) mass is 323 g/mol. The predicted molar refractivity (Wildman–Crippen MR) is 85.8 cm³/mol. The summed E-state index contributed by atoms with van der Waals surface area (Å²) in [5.41, 5.74) is 1.55. The third-order valence-corrected chi connectivity index (χ3v) is 3.61. The summed E-state index contributed by atoms with van der Waals surface area (Å²) < 4.78 is 1.70. The molecule has 1 aromatic heterocycles. The lowest BCUT2D eigenvalue weighted by atomic mass is 10.1. The molecule has 0 atom stereocenters.